The van der Waals surface area contributed by atoms with Crippen molar-refractivity contribution < 1.29 is 4.79 Å². The summed E-state index contributed by atoms with van der Waals surface area (Å²) in [6.45, 7) is 3.73. The fourth-order valence-electron chi connectivity index (χ4n) is 2.20. The molecule has 1 aliphatic heterocycles. The van der Waals surface area contributed by atoms with Gasteiger partial charge in [0.2, 0.25) is 5.91 Å². The molecule has 1 saturated heterocycles. The summed E-state index contributed by atoms with van der Waals surface area (Å²) in [5, 5.41) is 8.73. The quantitative estimate of drug-likeness (QED) is 0.678. The third kappa shape index (κ3) is 1.89. The summed E-state index contributed by atoms with van der Waals surface area (Å²) in [7, 11) is 0. The molecule has 76 valence electrons. The van der Waals surface area contributed by atoms with Crippen LogP contribution in [0.15, 0.2) is 0 Å². The van der Waals surface area contributed by atoms with E-state index >= 15 is 0 Å². The van der Waals surface area contributed by atoms with Crippen LogP contribution in [0.5, 0.6) is 0 Å². The Labute approximate surface area is 84.7 Å². The molecule has 1 heterocycles. The summed E-state index contributed by atoms with van der Waals surface area (Å²) in [5.41, 5.74) is 0. The number of nitriles is 1. The van der Waals surface area contributed by atoms with Crippen LogP contribution in [0.2, 0.25) is 0 Å². The maximum Gasteiger partial charge on any atom is 0.224 e. The molecule has 2 atom stereocenters. The van der Waals surface area contributed by atoms with Gasteiger partial charge in [-0.15, -0.1) is 0 Å². The maximum atomic E-state index is 11.5. The molecule has 1 aliphatic carbocycles. The third-order valence-electron chi connectivity index (χ3n) is 3.33. The van der Waals surface area contributed by atoms with E-state index in [9.17, 15) is 4.79 Å². The van der Waals surface area contributed by atoms with Crippen LogP contribution in [0.1, 0.15) is 26.2 Å². The lowest BCUT2D eigenvalue weighted by Gasteiger charge is -2.20. The summed E-state index contributed by atoms with van der Waals surface area (Å²) in [4.78, 5) is 13.4. The van der Waals surface area contributed by atoms with Crippen LogP contribution >= 0.6 is 0 Å². The number of nitrogens with zero attached hydrogens (tertiary/aromatic N) is 2. The van der Waals surface area contributed by atoms with Crippen molar-refractivity contribution in [1.29, 1.82) is 5.26 Å². The Bertz CT molecular complexity index is 278. The van der Waals surface area contributed by atoms with Gasteiger partial charge >= 0.3 is 0 Å². The topological polar surface area (TPSA) is 44.1 Å². The highest BCUT2D eigenvalue weighted by Crippen LogP contribution is 2.37. The second-order valence-corrected chi connectivity index (χ2v) is 4.64. The van der Waals surface area contributed by atoms with Gasteiger partial charge in [-0.3, -0.25) is 4.79 Å². The molecule has 14 heavy (non-hydrogen) atoms. The Morgan fingerprint density at radius 2 is 2.36 bits per heavy atom. The van der Waals surface area contributed by atoms with Gasteiger partial charge in [0.05, 0.1) is 12.0 Å². The lowest BCUT2D eigenvalue weighted by atomic mass is 10.1. The molecule has 2 aliphatic rings. The van der Waals surface area contributed by atoms with E-state index < -0.39 is 0 Å². The lowest BCUT2D eigenvalue weighted by Crippen LogP contribution is -2.30. The van der Waals surface area contributed by atoms with Crippen molar-refractivity contribution in [3.63, 3.8) is 0 Å². The molecule has 2 unspecified atom stereocenters. The normalized spacial score (nSPS) is 29.0. The predicted molar refractivity (Wildman–Crippen MR) is 52.2 cm³/mol. The Kier molecular flexibility index (Phi) is 2.45. The van der Waals surface area contributed by atoms with Gasteiger partial charge in [-0.25, -0.2) is 0 Å². The highest BCUT2D eigenvalue weighted by Gasteiger charge is 2.34. The van der Waals surface area contributed by atoms with Crippen molar-refractivity contribution in [2.24, 2.45) is 17.8 Å². The summed E-state index contributed by atoms with van der Waals surface area (Å²) in [5.74, 6) is 1.57. The zero-order chi connectivity index (χ0) is 10.1. The monoisotopic (exact) mass is 192 g/mol. The zero-order valence-corrected chi connectivity index (χ0v) is 8.57. The van der Waals surface area contributed by atoms with Gasteiger partial charge < -0.3 is 4.90 Å². The number of hydrogen-bond acceptors (Lipinski definition) is 2. The molecule has 1 saturated carbocycles. The number of amides is 1. The number of carbonyl (C=O) groups is 1. The van der Waals surface area contributed by atoms with Gasteiger partial charge in [-0.05, 0) is 24.7 Å². The van der Waals surface area contributed by atoms with E-state index in [0.717, 1.165) is 12.5 Å². The van der Waals surface area contributed by atoms with Crippen molar-refractivity contribution in [1.82, 2.24) is 4.90 Å². The Hall–Kier alpha value is -1.04. The first-order valence-electron chi connectivity index (χ1n) is 5.38. The van der Waals surface area contributed by atoms with Crippen LogP contribution in [0.3, 0.4) is 0 Å². The van der Waals surface area contributed by atoms with Gasteiger partial charge in [-0.2, -0.15) is 5.26 Å². The van der Waals surface area contributed by atoms with Gasteiger partial charge in [0.15, 0.2) is 0 Å². The number of carbonyl (C=O) groups excluding carboxylic acids is 1. The van der Waals surface area contributed by atoms with Gasteiger partial charge in [0.1, 0.15) is 0 Å². The largest absolute Gasteiger partial charge is 0.341 e. The molecule has 0 bridgehead atoms. The maximum absolute atomic E-state index is 11.5. The molecule has 0 aromatic heterocycles. The van der Waals surface area contributed by atoms with E-state index in [1.165, 1.54) is 12.8 Å². The van der Waals surface area contributed by atoms with Crippen molar-refractivity contribution in [3.8, 4) is 6.07 Å². The molecule has 0 aromatic rings. The van der Waals surface area contributed by atoms with Crippen LogP contribution in [-0.2, 0) is 4.79 Å². The molecule has 0 spiro atoms. The van der Waals surface area contributed by atoms with Gasteiger partial charge in [-0.1, -0.05) is 6.92 Å². The summed E-state index contributed by atoms with van der Waals surface area (Å²) in [6, 6.07) is 2.18. The second-order valence-electron chi connectivity index (χ2n) is 4.64. The van der Waals surface area contributed by atoms with Crippen LogP contribution in [-0.4, -0.2) is 23.9 Å². The molecule has 2 rings (SSSR count). The fourth-order valence-corrected chi connectivity index (χ4v) is 2.20. The Morgan fingerprint density at radius 1 is 1.64 bits per heavy atom. The SMILES string of the molecule is CC(CN1CC(C#N)CC1=O)C1CC1. The minimum atomic E-state index is -0.0612. The molecule has 0 aromatic carbocycles. The minimum absolute atomic E-state index is 0.0612. The highest BCUT2D eigenvalue weighted by atomic mass is 16.2. The van der Waals surface area contributed by atoms with Crippen LogP contribution < -0.4 is 0 Å². The number of hydrogen-bond donors (Lipinski definition) is 0. The van der Waals surface area contributed by atoms with Crippen molar-refractivity contribution >= 4 is 5.91 Å². The fraction of sp³-hybridized carbons (Fsp3) is 0.818. The Morgan fingerprint density at radius 3 is 2.86 bits per heavy atom. The van der Waals surface area contributed by atoms with E-state index in [2.05, 4.69) is 13.0 Å². The summed E-state index contributed by atoms with van der Waals surface area (Å²) in [6.07, 6.45) is 3.09. The standard InChI is InChI=1S/C11H16N2O/c1-8(10-2-3-10)6-13-7-9(5-12)4-11(13)14/h8-10H,2-4,6-7H2,1H3. The first kappa shape index (κ1) is 9.51. The number of rotatable bonds is 3. The van der Waals surface area contributed by atoms with Crippen molar-refractivity contribution in [3.05, 3.63) is 0 Å². The Balaban J connectivity index is 1.86. The second kappa shape index (κ2) is 3.61. The minimum Gasteiger partial charge on any atom is -0.341 e. The smallest absolute Gasteiger partial charge is 0.224 e. The number of likely N-dealkylation sites (tertiary alicyclic amines) is 1. The molecular formula is C11H16N2O. The molecule has 1 amide bonds. The predicted octanol–water partition coefficient (Wildman–Crippen LogP) is 1.40. The zero-order valence-electron chi connectivity index (χ0n) is 8.57. The lowest BCUT2D eigenvalue weighted by molar-refractivity contribution is -0.128. The van der Waals surface area contributed by atoms with E-state index in [4.69, 9.17) is 5.26 Å². The molecule has 3 nitrogen and oxygen atoms in total. The van der Waals surface area contributed by atoms with Crippen LogP contribution in [0.4, 0.5) is 0 Å². The first-order chi connectivity index (χ1) is 6.70. The molecule has 3 heteroatoms. The third-order valence-corrected chi connectivity index (χ3v) is 3.33. The van der Waals surface area contributed by atoms with E-state index in [0.29, 0.717) is 18.9 Å². The molecule has 0 radical (unpaired) electrons. The van der Waals surface area contributed by atoms with Crippen LogP contribution in [0.25, 0.3) is 0 Å². The average molecular weight is 192 g/mol. The van der Waals surface area contributed by atoms with Gasteiger partial charge in [0, 0.05) is 19.5 Å². The van der Waals surface area contributed by atoms with Gasteiger partial charge in [0.25, 0.3) is 0 Å². The van der Waals surface area contributed by atoms with Crippen LogP contribution in [0, 0.1) is 29.1 Å². The molecule has 0 N–H and O–H groups in total. The molecule has 2 fully saturated rings. The first-order valence-corrected chi connectivity index (χ1v) is 5.38. The highest BCUT2D eigenvalue weighted by molar-refractivity contribution is 5.79. The average Bonchev–Trinajstić information content (AvgIpc) is 2.94. The molecular weight excluding hydrogens is 176 g/mol. The summed E-state index contributed by atoms with van der Waals surface area (Å²) >= 11 is 0. The van der Waals surface area contributed by atoms with E-state index in [1.54, 1.807) is 0 Å². The van der Waals surface area contributed by atoms with Crippen molar-refractivity contribution in [2.45, 2.75) is 26.2 Å². The van der Waals surface area contributed by atoms with Crippen molar-refractivity contribution in [2.75, 3.05) is 13.1 Å². The summed E-state index contributed by atoms with van der Waals surface area (Å²) < 4.78 is 0. The van der Waals surface area contributed by atoms with E-state index in [1.807, 2.05) is 4.90 Å². The van der Waals surface area contributed by atoms with E-state index in [-0.39, 0.29) is 11.8 Å².